The van der Waals surface area contributed by atoms with Crippen LogP contribution in [0.5, 0.6) is 0 Å². The summed E-state index contributed by atoms with van der Waals surface area (Å²) in [6.07, 6.45) is 2.76. The van der Waals surface area contributed by atoms with Gasteiger partial charge in [0, 0.05) is 24.2 Å². The van der Waals surface area contributed by atoms with Crippen molar-refractivity contribution in [3.63, 3.8) is 0 Å². The SMILES string of the molecule is CCC#CCC1(Sc2ccccc2)C(=O)CCC1CC(=O)OC. The second kappa shape index (κ2) is 8.21. The molecule has 0 amide bonds. The average molecular weight is 330 g/mol. The van der Waals surface area contributed by atoms with Crippen molar-refractivity contribution in [2.24, 2.45) is 5.92 Å². The number of carbonyl (C=O) groups is 2. The van der Waals surface area contributed by atoms with Crippen molar-refractivity contribution in [3.8, 4) is 11.8 Å². The Morgan fingerprint density at radius 2 is 2.09 bits per heavy atom. The minimum absolute atomic E-state index is 0.0289. The predicted molar refractivity (Wildman–Crippen MR) is 92.1 cm³/mol. The number of Topliss-reactive ketones (excluding diaryl/α,β-unsaturated/α-hetero) is 1. The zero-order chi connectivity index (χ0) is 16.7. The number of esters is 1. The van der Waals surface area contributed by atoms with E-state index in [4.69, 9.17) is 4.74 Å². The highest BCUT2D eigenvalue weighted by atomic mass is 32.2. The molecule has 0 aromatic heterocycles. The van der Waals surface area contributed by atoms with Crippen molar-refractivity contribution in [2.45, 2.75) is 48.7 Å². The van der Waals surface area contributed by atoms with Gasteiger partial charge in [-0.1, -0.05) is 25.1 Å². The van der Waals surface area contributed by atoms with Crippen LogP contribution in [0.4, 0.5) is 0 Å². The molecule has 2 rings (SSSR count). The molecule has 4 heteroatoms. The molecule has 0 N–H and O–H groups in total. The summed E-state index contributed by atoms with van der Waals surface area (Å²) in [6.45, 7) is 1.99. The third-order valence-corrected chi connectivity index (χ3v) is 5.77. The standard InChI is InChI=1S/C19H22O3S/c1-3-4-8-13-19(23-16-9-6-5-7-10-16)15(11-12-17(19)20)14-18(21)22-2/h5-7,9-10,15H,3,11-14H2,1-2H3. The second-order valence-electron chi connectivity index (χ2n) is 5.63. The van der Waals surface area contributed by atoms with Crippen LogP contribution in [0.3, 0.4) is 0 Å². The lowest BCUT2D eigenvalue weighted by atomic mass is 9.88. The van der Waals surface area contributed by atoms with Crippen LogP contribution < -0.4 is 0 Å². The Morgan fingerprint density at radius 1 is 1.35 bits per heavy atom. The van der Waals surface area contributed by atoms with Gasteiger partial charge in [0.15, 0.2) is 5.78 Å². The van der Waals surface area contributed by atoms with Crippen LogP contribution in [-0.4, -0.2) is 23.6 Å². The molecule has 0 aliphatic heterocycles. The molecule has 0 heterocycles. The van der Waals surface area contributed by atoms with Gasteiger partial charge in [-0.2, -0.15) is 0 Å². The smallest absolute Gasteiger partial charge is 0.305 e. The van der Waals surface area contributed by atoms with Crippen LogP contribution in [0.15, 0.2) is 35.2 Å². The number of benzene rings is 1. The van der Waals surface area contributed by atoms with E-state index in [0.29, 0.717) is 12.8 Å². The van der Waals surface area contributed by atoms with Crippen molar-refractivity contribution in [1.29, 1.82) is 0 Å². The minimum atomic E-state index is -0.641. The van der Waals surface area contributed by atoms with Gasteiger partial charge in [0.1, 0.15) is 0 Å². The van der Waals surface area contributed by atoms with E-state index < -0.39 is 4.75 Å². The summed E-state index contributed by atoms with van der Waals surface area (Å²) < 4.78 is 4.18. The first-order valence-electron chi connectivity index (χ1n) is 7.92. The fourth-order valence-corrected chi connectivity index (χ4v) is 4.41. The van der Waals surface area contributed by atoms with Gasteiger partial charge >= 0.3 is 5.97 Å². The largest absolute Gasteiger partial charge is 0.469 e. The Balaban J connectivity index is 2.32. The third kappa shape index (κ3) is 4.17. The Hall–Kier alpha value is -1.73. The normalized spacial score (nSPS) is 23.2. The minimum Gasteiger partial charge on any atom is -0.469 e. The van der Waals surface area contributed by atoms with Gasteiger partial charge in [-0.25, -0.2) is 0 Å². The Bertz CT molecular complexity index is 614. The summed E-state index contributed by atoms with van der Waals surface area (Å²) in [5, 5.41) is 0. The number of carbonyl (C=O) groups excluding carboxylic acids is 2. The molecule has 1 aromatic carbocycles. The molecule has 2 unspecified atom stereocenters. The molecule has 1 aromatic rings. The summed E-state index contributed by atoms with van der Waals surface area (Å²) in [5.74, 6) is 6.12. The highest BCUT2D eigenvalue weighted by Crippen LogP contribution is 2.50. The number of hydrogen-bond acceptors (Lipinski definition) is 4. The fraction of sp³-hybridized carbons (Fsp3) is 0.474. The van der Waals surface area contributed by atoms with E-state index in [1.807, 2.05) is 37.3 Å². The third-order valence-electron chi connectivity index (χ3n) is 4.19. The van der Waals surface area contributed by atoms with E-state index in [2.05, 4.69) is 11.8 Å². The summed E-state index contributed by atoms with van der Waals surface area (Å²) in [6, 6.07) is 9.88. The van der Waals surface area contributed by atoms with Gasteiger partial charge in [-0.3, -0.25) is 9.59 Å². The highest BCUT2D eigenvalue weighted by molar-refractivity contribution is 8.01. The van der Waals surface area contributed by atoms with Crippen molar-refractivity contribution < 1.29 is 14.3 Å². The topological polar surface area (TPSA) is 43.4 Å². The molecule has 0 saturated heterocycles. The predicted octanol–water partition coefficient (Wildman–Crippen LogP) is 3.86. The van der Waals surface area contributed by atoms with Crippen LogP contribution in [0, 0.1) is 17.8 Å². The van der Waals surface area contributed by atoms with Crippen LogP contribution in [0.1, 0.15) is 39.0 Å². The first kappa shape index (κ1) is 17.6. The number of methoxy groups -OCH3 is 1. The molecule has 23 heavy (non-hydrogen) atoms. The van der Waals surface area contributed by atoms with Crippen molar-refractivity contribution in [1.82, 2.24) is 0 Å². The van der Waals surface area contributed by atoms with Crippen molar-refractivity contribution in [3.05, 3.63) is 30.3 Å². The lowest BCUT2D eigenvalue weighted by Crippen LogP contribution is -2.37. The summed E-state index contributed by atoms with van der Waals surface area (Å²) in [7, 11) is 1.39. The van der Waals surface area contributed by atoms with E-state index in [-0.39, 0.29) is 24.1 Å². The molecule has 3 nitrogen and oxygen atoms in total. The van der Waals surface area contributed by atoms with Gasteiger partial charge in [0.25, 0.3) is 0 Å². The molecule has 1 fully saturated rings. The van der Waals surface area contributed by atoms with E-state index in [0.717, 1.165) is 17.7 Å². The zero-order valence-electron chi connectivity index (χ0n) is 13.6. The first-order valence-corrected chi connectivity index (χ1v) is 8.74. The molecule has 0 radical (unpaired) electrons. The molecule has 0 bridgehead atoms. The molecule has 2 atom stereocenters. The molecule has 1 aliphatic carbocycles. The molecule has 1 aliphatic rings. The average Bonchev–Trinajstić information content (AvgIpc) is 2.85. The number of hydrogen-bond donors (Lipinski definition) is 0. The fourth-order valence-electron chi connectivity index (χ4n) is 2.97. The van der Waals surface area contributed by atoms with E-state index in [9.17, 15) is 9.59 Å². The van der Waals surface area contributed by atoms with Crippen molar-refractivity contribution >= 4 is 23.5 Å². The van der Waals surface area contributed by atoms with Crippen LogP contribution in [-0.2, 0) is 14.3 Å². The van der Waals surface area contributed by atoms with Gasteiger partial charge < -0.3 is 4.74 Å². The summed E-state index contributed by atoms with van der Waals surface area (Å²) in [5.41, 5.74) is 0. The van der Waals surface area contributed by atoms with Crippen LogP contribution in [0.25, 0.3) is 0 Å². The second-order valence-corrected chi connectivity index (χ2v) is 7.03. The number of ketones is 1. The monoisotopic (exact) mass is 330 g/mol. The lowest BCUT2D eigenvalue weighted by Gasteiger charge is -2.31. The maximum atomic E-state index is 12.7. The molecular formula is C19H22O3S. The Kier molecular flexibility index (Phi) is 6.29. The van der Waals surface area contributed by atoms with E-state index >= 15 is 0 Å². The molecule has 0 spiro atoms. The maximum Gasteiger partial charge on any atom is 0.305 e. The number of rotatable bonds is 5. The summed E-state index contributed by atoms with van der Waals surface area (Å²) >= 11 is 1.56. The van der Waals surface area contributed by atoms with Gasteiger partial charge in [0.05, 0.1) is 18.3 Å². The number of ether oxygens (including phenoxy) is 1. The van der Waals surface area contributed by atoms with E-state index in [1.165, 1.54) is 7.11 Å². The summed E-state index contributed by atoms with van der Waals surface area (Å²) in [4.78, 5) is 25.5. The van der Waals surface area contributed by atoms with E-state index in [1.54, 1.807) is 11.8 Å². The highest BCUT2D eigenvalue weighted by Gasteiger charge is 2.50. The van der Waals surface area contributed by atoms with Gasteiger partial charge in [-0.05, 0) is 24.5 Å². The lowest BCUT2D eigenvalue weighted by molar-refractivity contribution is -0.141. The first-order chi connectivity index (χ1) is 11.1. The maximum absolute atomic E-state index is 12.7. The van der Waals surface area contributed by atoms with Crippen LogP contribution in [0.2, 0.25) is 0 Å². The molecule has 122 valence electrons. The zero-order valence-corrected chi connectivity index (χ0v) is 14.4. The number of thioether (sulfide) groups is 1. The molecular weight excluding hydrogens is 308 g/mol. The Morgan fingerprint density at radius 3 is 2.74 bits per heavy atom. The van der Waals surface area contributed by atoms with Gasteiger partial charge in [-0.15, -0.1) is 23.6 Å². The van der Waals surface area contributed by atoms with Crippen LogP contribution >= 0.6 is 11.8 Å². The Labute approximate surface area is 142 Å². The van der Waals surface area contributed by atoms with Crippen molar-refractivity contribution in [2.75, 3.05) is 7.11 Å². The van der Waals surface area contributed by atoms with Gasteiger partial charge in [0.2, 0.25) is 0 Å². The quantitative estimate of drug-likeness (QED) is 0.607. The molecule has 1 saturated carbocycles.